The molecule has 2 N–H and O–H groups in total. The second-order valence-electron chi connectivity index (χ2n) is 6.78. The average molecular weight is 352 g/mol. The molecule has 26 heavy (non-hydrogen) atoms. The first-order chi connectivity index (χ1) is 12.7. The maximum Gasteiger partial charge on any atom is 0.222 e. The number of carbonyl (C=O) groups excluding carboxylic acids is 1. The van der Waals surface area contributed by atoms with Gasteiger partial charge in [-0.05, 0) is 36.9 Å². The monoisotopic (exact) mass is 352 g/mol. The van der Waals surface area contributed by atoms with Crippen LogP contribution >= 0.6 is 0 Å². The molecule has 2 aromatic rings. The molecule has 2 aromatic carbocycles. The smallest absolute Gasteiger partial charge is 0.222 e. The molecule has 0 bridgehead atoms. The Morgan fingerprint density at radius 1 is 0.962 bits per heavy atom. The number of rotatable bonds is 7. The van der Waals surface area contributed by atoms with Gasteiger partial charge in [0.1, 0.15) is 0 Å². The van der Waals surface area contributed by atoms with Gasteiger partial charge in [0.2, 0.25) is 5.91 Å². The molecule has 1 amide bonds. The molecule has 0 unspecified atom stereocenters. The van der Waals surface area contributed by atoms with E-state index in [4.69, 9.17) is 0 Å². The van der Waals surface area contributed by atoms with Crippen molar-refractivity contribution >= 4 is 17.3 Å². The zero-order valence-corrected chi connectivity index (χ0v) is 15.4. The van der Waals surface area contributed by atoms with Crippen molar-refractivity contribution in [1.29, 1.82) is 0 Å². The van der Waals surface area contributed by atoms with E-state index in [0.717, 1.165) is 37.4 Å². The second kappa shape index (κ2) is 9.25. The summed E-state index contributed by atoms with van der Waals surface area (Å²) in [6.45, 7) is 5.58. The second-order valence-corrected chi connectivity index (χ2v) is 6.78. The number of amides is 1. The summed E-state index contributed by atoms with van der Waals surface area (Å²) in [7, 11) is 2.17. The maximum atomic E-state index is 11.9. The van der Waals surface area contributed by atoms with Crippen LogP contribution in [0.25, 0.3) is 0 Å². The van der Waals surface area contributed by atoms with E-state index < -0.39 is 0 Å². The van der Waals surface area contributed by atoms with Gasteiger partial charge >= 0.3 is 0 Å². The van der Waals surface area contributed by atoms with Gasteiger partial charge in [0, 0.05) is 57.1 Å². The number of nitrogens with one attached hydrogen (secondary N) is 2. The van der Waals surface area contributed by atoms with Crippen LogP contribution < -0.4 is 15.5 Å². The van der Waals surface area contributed by atoms with Crippen LogP contribution in [0.4, 0.5) is 11.4 Å². The third-order valence-electron chi connectivity index (χ3n) is 4.75. The molecule has 3 rings (SSSR count). The Kier molecular flexibility index (Phi) is 6.50. The lowest BCUT2D eigenvalue weighted by molar-refractivity contribution is -0.121. The van der Waals surface area contributed by atoms with Crippen molar-refractivity contribution in [3.63, 3.8) is 0 Å². The first kappa shape index (κ1) is 18.3. The summed E-state index contributed by atoms with van der Waals surface area (Å²) in [5, 5.41) is 6.27. The molecule has 5 nitrogen and oxygen atoms in total. The molecule has 1 saturated heterocycles. The standard InChI is InChI=1S/C21H28N4O/c1-24-13-15-25(16-14-24)20-9-7-19(8-10-20)22-12-11-21(26)23-17-18-5-3-2-4-6-18/h2-10,22H,11-17H2,1H3,(H,23,26). The number of likely N-dealkylation sites (N-methyl/N-ethyl adjacent to an activating group) is 1. The van der Waals surface area contributed by atoms with Gasteiger partial charge in [-0.15, -0.1) is 0 Å². The minimum Gasteiger partial charge on any atom is -0.385 e. The van der Waals surface area contributed by atoms with Gasteiger partial charge in [-0.3, -0.25) is 4.79 Å². The molecule has 0 aromatic heterocycles. The average Bonchev–Trinajstić information content (AvgIpc) is 2.68. The normalized spacial score (nSPS) is 14.9. The number of anilines is 2. The number of piperazine rings is 1. The lowest BCUT2D eigenvalue weighted by Crippen LogP contribution is -2.44. The van der Waals surface area contributed by atoms with E-state index in [1.54, 1.807) is 0 Å². The lowest BCUT2D eigenvalue weighted by Gasteiger charge is -2.34. The Bertz CT molecular complexity index is 679. The van der Waals surface area contributed by atoms with Gasteiger partial charge in [-0.1, -0.05) is 30.3 Å². The number of benzene rings is 2. The maximum absolute atomic E-state index is 11.9. The summed E-state index contributed by atoms with van der Waals surface area (Å²) in [5.74, 6) is 0.0652. The molecule has 5 heteroatoms. The Labute approximate surface area is 156 Å². The van der Waals surface area contributed by atoms with E-state index in [0.29, 0.717) is 19.5 Å². The van der Waals surface area contributed by atoms with Crippen LogP contribution in [-0.2, 0) is 11.3 Å². The molecule has 138 valence electrons. The van der Waals surface area contributed by atoms with Crippen molar-refractivity contribution in [3.8, 4) is 0 Å². The quantitative estimate of drug-likeness (QED) is 0.804. The Hall–Kier alpha value is -2.53. The van der Waals surface area contributed by atoms with Crippen molar-refractivity contribution in [3.05, 3.63) is 60.2 Å². The molecule has 1 aliphatic rings. The van der Waals surface area contributed by atoms with E-state index in [1.165, 1.54) is 5.69 Å². The summed E-state index contributed by atoms with van der Waals surface area (Å²) in [6, 6.07) is 18.5. The fourth-order valence-corrected chi connectivity index (χ4v) is 3.06. The van der Waals surface area contributed by atoms with Crippen LogP contribution in [-0.4, -0.2) is 50.6 Å². The minimum absolute atomic E-state index is 0.0652. The summed E-state index contributed by atoms with van der Waals surface area (Å²) in [6.07, 6.45) is 0.465. The third-order valence-corrected chi connectivity index (χ3v) is 4.75. The molecule has 0 saturated carbocycles. The highest BCUT2D eigenvalue weighted by molar-refractivity contribution is 5.76. The highest BCUT2D eigenvalue weighted by Crippen LogP contribution is 2.19. The SMILES string of the molecule is CN1CCN(c2ccc(NCCC(=O)NCc3ccccc3)cc2)CC1. The van der Waals surface area contributed by atoms with Gasteiger partial charge in [-0.25, -0.2) is 0 Å². The largest absolute Gasteiger partial charge is 0.385 e. The van der Waals surface area contributed by atoms with Gasteiger partial charge in [-0.2, -0.15) is 0 Å². The number of nitrogens with zero attached hydrogens (tertiary/aromatic N) is 2. The molecule has 0 spiro atoms. The summed E-state index contributed by atoms with van der Waals surface area (Å²) in [5.41, 5.74) is 3.44. The van der Waals surface area contributed by atoms with E-state index in [1.807, 2.05) is 30.3 Å². The highest BCUT2D eigenvalue weighted by Gasteiger charge is 2.13. The van der Waals surface area contributed by atoms with Crippen molar-refractivity contribution in [2.24, 2.45) is 0 Å². The fourth-order valence-electron chi connectivity index (χ4n) is 3.06. The Balaban J connectivity index is 1.37. The van der Waals surface area contributed by atoms with Crippen LogP contribution in [0.1, 0.15) is 12.0 Å². The van der Waals surface area contributed by atoms with E-state index in [2.05, 4.69) is 51.7 Å². The fraction of sp³-hybridized carbons (Fsp3) is 0.381. The molecular formula is C21H28N4O. The third kappa shape index (κ3) is 5.49. The minimum atomic E-state index is 0.0652. The van der Waals surface area contributed by atoms with Gasteiger partial charge in [0.05, 0.1) is 0 Å². The summed E-state index contributed by atoms with van der Waals surface area (Å²) < 4.78 is 0. The molecule has 1 fully saturated rings. The first-order valence-electron chi connectivity index (χ1n) is 9.29. The Morgan fingerprint density at radius 2 is 1.65 bits per heavy atom. The van der Waals surface area contributed by atoms with Crippen molar-refractivity contribution < 1.29 is 4.79 Å². The van der Waals surface area contributed by atoms with Crippen LogP contribution in [0.3, 0.4) is 0 Å². The first-order valence-corrected chi connectivity index (χ1v) is 9.29. The van der Waals surface area contributed by atoms with E-state index in [9.17, 15) is 4.79 Å². The van der Waals surface area contributed by atoms with Gasteiger partial charge < -0.3 is 20.4 Å². The highest BCUT2D eigenvalue weighted by atomic mass is 16.1. The number of hydrogen-bond donors (Lipinski definition) is 2. The lowest BCUT2D eigenvalue weighted by atomic mass is 10.2. The van der Waals surface area contributed by atoms with Crippen molar-refractivity contribution in [2.75, 3.05) is 50.0 Å². The van der Waals surface area contributed by atoms with Crippen LogP contribution in [0.2, 0.25) is 0 Å². The molecule has 1 aliphatic heterocycles. The van der Waals surface area contributed by atoms with E-state index in [-0.39, 0.29) is 5.91 Å². The molecule has 0 atom stereocenters. The van der Waals surface area contributed by atoms with Gasteiger partial charge in [0.25, 0.3) is 0 Å². The zero-order valence-electron chi connectivity index (χ0n) is 15.4. The summed E-state index contributed by atoms with van der Waals surface area (Å²) >= 11 is 0. The number of hydrogen-bond acceptors (Lipinski definition) is 4. The Morgan fingerprint density at radius 3 is 2.35 bits per heavy atom. The molecule has 1 heterocycles. The molecule has 0 radical (unpaired) electrons. The van der Waals surface area contributed by atoms with Crippen molar-refractivity contribution in [2.45, 2.75) is 13.0 Å². The predicted octanol–water partition coefficient (Wildman–Crippen LogP) is 2.56. The topological polar surface area (TPSA) is 47.6 Å². The van der Waals surface area contributed by atoms with E-state index >= 15 is 0 Å². The van der Waals surface area contributed by atoms with Crippen molar-refractivity contribution in [1.82, 2.24) is 10.2 Å². The van der Waals surface area contributed by atoms with Gasteiger partial charge in [0.15, 0.2) is 0 Å². The van der Waals surface area contributed by atoms with Crippen LogP contribution in [0, 0.1) is 0 Å². The zero-order chi connectivity index (χ0) is 18.2. The predicted molar refractivity (Wildman–Crippen MR) is 108 cm³/mol. The van der Waals surface area contributed by atoms with Crippen LogP contribution in [0.15, 0.2) is 54.6 Å². The number of carbonyl (C=O) groups is 1. The summed E-state index contributed by atoms with van der Waals surface area (Å²) in [4.78, 5) is 16.7. The molecule has 0 aliphatic carbocycles. The van der Waals surface area contributed by atoms with Crippen LogP contribution in [0.5, 0.6) is 0 Å². The molecular weight excluding hydrogens is 324 g/mol.